The molecule has 7 heteroatoms. The molecule has 2 aromatic rings. The highest BCUT2D eigenvalue weighted by Crippen LogP contribution is 2.21. The lowest BCUT2D eigenvalue weighted by molar-refractivity contribution is 0.0453. The van der Waals surface area contributed by atoms with Crippen LogP contribution in [0, 0.1) is 0 Å². The van der Waals surface area contributed by atoms with Crippen molar-refractivity contribution in [1.82, 2.24) is 9.78 Å². The number of rotatable bonds is 9. The van der Waals surface area contributed by atoms with E-state index in [-0.39, 0.29) is 16.3 Å². The summed E-state index contributed by atoms with van der Waals surface area (Å²) in [5.41, 5.74) is 1.23. The van der Waals surface area contributed by atoms with Crippen LogP contribution < -0.4 is 10.3 Å². The molecule has 0 fully saturated rings. The highest BCUT2D eigenvalue weighted by atomic mass is 35.5. The number of hydrogen-bond donors (Lipinski definition) is 0. The summed E-state index contributed by atoms with van der Waals surface area (Å²) < 4.78 is 17.8. The lowest BCUT2D eigenvalue weighted by Crippen LogP contribution is -2.36. The number of halogens is 1. The first-order chi connectivity index (χ1) is 12.8. The first kappa shape index (κ1) is 21.4. The van der Waals surface area contributed by atoms with Gasteiger partial charge in [0, 0.05) is 6.61 Å². The lowest BCUT2D eigenvalue weighted by Gasteiger charge is -2.21. The summed E-state index contributed by atoms with van der Waals surface area (Å²) in [6.07, 6.45) is 1.48. The van der Waals surface area contributed by atoms with Crippen molar-refractivity contribution in [1.29, 1.82) is 0 Å². The lowest BCUT2D eigenvalue weighted by atomic mass is 10.1. The van der Waals surface area contributed by atoms with Crippen LogP contribution >= 0.6 is 11.6 Å². The fourth-order valence-corrected chi connectivity index (χ4v) is 2.52. The van der Waals surface area contributed by atoms with Crippen LogP contribution in [0.5, 0.6) is 5.75 Å². The molecule has 0 radical (unpaired) electrons. The SMILES string of the molecule is CCOCCOCc1ccc(COc2cnn(C(C)(C)C)c(=O)c2Cl)cc1. The van der Waals surface area contributed by atoms with E-state index in [2.05, 4.69) is 5.10 Å². The van der Waals surface area contributed by atoms with E-state index in [0.717, 1.165) is 11.1 Å². The molecule has 0 saturated carbocycles. The van der Waals surface area contributed by atoms with Gasteiger partial charge < -0.3 is 14.2 Å². The molecule has 0 atom stereocenters. The molecular weight excluding hydrogens is 368 g/mol. The van der Waals surface area contributed by atoms with Crippen LogP contribution in [0.1, 0.15) is 38.8 Å². The highest BCUT2D eigenvalue weighted by Gasteiger charge is 2.19. The predicted molar refractivity (Wildman–Crippen MR) is 105 cm³/mol. The first-order valence-corrected chi connectivity index (χ1v) is 9.35. The van der Waals surface area contributed by atoms with Crippen molar-refractivity contribution < 1.29 is 14.2 Å². The van der Waals surface area contributed by atoms with Crippen LogP contribution in [0.25, 0.3) is 0 Å². The Kier molecular flexibility index (Phi) is 7.83. The minimum atomic E-state index is -0.445. The summed E-state index contributed by atoms with van der Waals surface area (Å²) >= 11 is 6.16. The minimum Gasteiger partial charge on any atom is -0.485 e. The molecule has 0 aliphatic heterocycles. The Hall–Kier alpha value is -1.89. The van der Waals surface area contributed by atoms with Crippen LogP contribution in [0.3, 0.4) is 0 Å². The molecule has 1 aromatic heterocycles. The maximum atomic E-state index is 12.3. The first-order valence-electron chi connectivity index (χ1n) is 8.97. The third-order valence-electron chi connectivity index (χ3n) is 3.78. The van der Waals surface area contributed by atoms with Gasteiger partial charge in [0.25, 0.3) is 5.56 Å². The summed E-state index contributed by atoms with van der Waals surface area (Å²) in [7, 11) is 0. The number of ether oxygens (including phenoxy) is 3. The Morgan fingerprint density at radius 3 is 2.22 bits per heavy atom. The molecule has 0 amide bonds. The van der Waals surface area contributed by atoms with E-state index in [1.54, 1.807) is 0 Å². The number of aromatic nitrogens is 2. The van der Waals surface area contributed by atoms with Crippen molar-refractivity contribution in [2.75, 3.05) is 19.8 Å². The Morgan fingerprint density at radius 1 is 1.04 bits per heavy atom. The molecule has 0 unspecified atom stereocenters. The second kappa shape index (κ2) is 9.88. The molecule has 1 heterocycles. The second-order valence-electron chi connectivity index (χ2n) is 7.07. The molecule has 0 spiro atoms. The van der Waals surface area contributed by atoms with Crippen LogP contribution in [0.15, 0.2) is 35.3 Å². The summed E-state index contributed by atoms with van der Waals surface area (Å²) in [6, 6.07) is 7.88. The van der Waals surface area contributed by atoms with E-state index >= 15 is 0 Å². The smallest absolute Gasteiger partial charge is 0.289 e. The summed E-state index contributed by atoms with van der Waals surface area (Å²) in [6.45, 7) is 10.3. The van der Waals surface area contributed by atoms with Gasteiger partial charge in [-0.15, -0.1) is 0 Å². The molecule has 27 heavy (non-hydrogen) atoms. The number of hydrogen-bond acceptors (Lipinski definition) is 5. The largest absolute Gasteiger partial charge is 0.485 e. The zero-order valence-corrected chi connectivity index (χ0v) is 17.1. The molecule has 6 nitrogen and oxygen atoms in total. The van der Waals surface area contributed by atoms with Gasteiger partial charge in [-0.1, -0.05) is 35.9 Å². The van der Waals surface area contributed by atoms with Crippen molar-refractivity contribution >= 4 is 11.6 Å². The van der Waals surface area contributed by atoms with Crippen LogP contribution in [-0.2, 0) is 28.2 Å². The highest BCUT2D eigenvalue weighted by molar-refractivity contribution is 6.31. The van der Waals surface area contributed by atoms with Gasteiger partial charge >= 0.3 is 0 Å². The molecule has 2 rings (SSSR count). The van der Waals surface area contributed by atoms with Gasteiger partial charge in [0.05, 0.1) is 31.6 Å². The van der Waals surface area contributed by atoms with Crippen LogP contribution in [0.2, 0.25) is 5.02 Å². The van der Waals surface area contributed by atoms with Crippen molar-refractivity contribution in [2.45, 2.75) is 46.4 Å². The zero-order valence-electron chi connectivity index (χ0n) is 16.3. The Morgan fingerprint density at radius 2 is 1.63 bits per heavy atom. The summed E-state index contributed by atoms with van der Waals surface area (Å²) in [5, 5.41) is 4.20. The van der Waals surface area contributed by atoms with Gasteiger partial charge in [-0.3, -0.25) is 4.79 Å². The molecule has 0 saturated heterocycles. The van der Waals surface area contributed by atoms with Gasteiger partial charge in [0.15, 0.2) is 10.8 Å². The van der Waals surface area contributed by atoms with Crippen molar-refractivity contribution in [3.63, 3.8) is 0 Å². The van der Waals surface area contributed by atoms with Gasteiger partial charge in [0.2, 0.25) is 0 Å². The number of nitrogens with zero attached hydrogens (tertiary/aromatic N) is 2. The third kappa shape index (κ3) is 6.34. The van der Waals surface area contributed by atoms with Gasteiger partial charge in [-0.05, 0) is 38.8 Å². The van der Waals surface area contributed by atoms with E-state index in [4.69, 9.17) is 25.8 Å². The average molecular weight is 395 g/mol. The second-order valence-corrected chi connectivity index (χ2v) is 7.44. The standard InChI is InChI=1S/C20H27ClN2O4/c1-5-25-10-11-26-13-15-6-8-16(9-7-15)14-27-17-12-22-23(20(2,3)4)19(24)18(17)21/h6-9,12H,5,10-11,13-14H2,1-4H3. The summed E-state index contributed by atoms with van der Waals surface area (Å²) in [5.74, 6) is 0.283. The minimum absolute atomic E-state index is 0.0410. The fraction of sp³-hybridized carbons (Fsp3) is 0.500. The Balaban J connectivity index is 1.91. The Bertz CT molecular complexity index is 782. The normalized spacial score (nSPS) is 11.6. The van der Waals surface area contributed by atoms with Crippen molar-refractivity contribution in [3.05, 3.63) is 57.0 Å². The summed E-state index contributed by atoms with van der Waals surface area (Å²) in [4.78, 5) is 12.3. The maximum absolute atomic E-state index is 12.3. The van der Waals surface area contributed by atoms with Crippen molar-refractivity contribution in [3.8, 4) is 5.75 Å². The van der Waals surface area contributed by atoms with E-state index in [9.17, 15) is 4.79 Å². The topological polar surface area (TPSA) is 62.6 Å². The Labute approximate surface area is 165 Å². The monoisotopic (exact) mass is 394 g/mol. The average Bonchev–Trinajstić information content (AvgIpc) is 2.63. The van der Waals surface area contributed by atoms with Gasteiger partial charge in [-0.2, -0.15) is 5.10 Å². The zero-order chi connectivity index (χ0) is 19.9. The van der Waals surface area contributed by atoms with E-state index in [1.165, 1.54) is 10.9 Å². The molecule has 0 N–H and O–H groups in total. The van der Waals surface area contributed by atoms with Gasteiger partial charge in [-0.25, -0.2) is 4.68 Å². The van der Waals surface area contributed by atoms with Crippen molar-refractivity contribution in [2.24, 2.45) is 0 Å². The molecular formula is C20H27ClN2O4. The van der Waals surface area contributed by atoms with Crippen LogP contribution in [0.4, 0.5) is 0 Å². The van der Waals surface area contributed by atoms with Gasteiger partial charge in [0.1, 0.15) is 6.61 Å². The van der Waals surface area contributed by atoms with E-state index < -0.39 is 5.54 Å². The van der Waals surface area contributed by atoms with Crippen LogP contribution in [-0.4, -0.2) is 29.6 Å². The third-order valence-corrected chi connectivity index (χ3v) is 4.13. The quantitative estimate of drug-likeness (QED) is 0.605. The maximum Gasteiger partial charge on any atom is 0.289 e. The molecule has 0 bridgehead atoms. The predicted octanol–water partition coefficient (Wildman–Crippen LogP) is 3.78. The van der Waals surface area contributed by atoms with E-state index in [1.807, 2.05) is 52.0 Å². The molecule has 0 aliphatic carbocycles. The molecule has 0 aliphatic rings. The number of benzene rings is 1. The molecule has 148 valence electrons. The van der Waals surface area contributed by atoms with E-state index in [0.29, 0.717) is 33.0 Å². The fourth-order valence-electron chi connectivity index (χ4n) is 2.34. The molecule has 1 aromatic carbocycles.